The number of anilines is 1. The lowest BCUT2D eigenvalue weighted by Gasteiger charge is -2.32. The maximum absolute atomic E-state index is 12.6. The quantitative estimate of drug-likeness (QED) is 0.522. The number of hydrogen-bond donors (Lipinski definition) is 3. The molecule has 1 aliphatic heterocycles. The minimum Gasteiger partial charge on any atom is -0.475 e. The minimum absolute atomic E-state index is 0.0833. The Hall–Kier alpha value is -3.19. The van der Waals surface area contributed by atoms with Gasteiger partial charge in [0.1, 0.15) is 4.88 Å². The van der Waals surface area contributed by atoms with Crippen molar-refractivity contribution < 1.29 is 27.9 Å². The van der Waals surface area contributed by atoms with Gasteiger partial charge in [0.05, 0.1) is 29.6 Å². The predicted molar refractivity (Wildman–Crippen MR) is 117 cm³/mol. The SMILES string of the molecule is CC(NC(=O)c1cnc(N2CCN(C)CC2)s1)c1ccc2nc[nH]c2c1.O=C(O)C(F)(F)F. The smallest absolute Gasteiger partial charge is 0.475 e. The zero-order valence-corrected chi connectivity index (χ0v) is 18.7. The standard InChI is InChI=1S/C18H22N6OS.C2HF3O2/c1-12(13-3-4-14-15(9-13)21-11-20-14)22-17(25)16-10-19-18(26-16)24-7-5-23(2)6-8-24;3-2(4,5)1(6)7/h3-4,9-12H,5-8H2,1-2H3,(H,20,21)(H,22,25);(H,6,7). The highest BCUT2D eigenvalue weighted by Crippen LogP contribution is 2.25. The van der Waals surface area contributed by atoms with Crippen molar-refractivity contribution in [3.8, 4) is 0 Å². The number of carbonyl (C=O) groups is 2. The second-order valence-electron chi connectivity index (χ2n) is 7.47. The van der Waals surface area contributed by atoms with Crippen LogP contribution in [0.4, 0.5) is 18.3 Å². The van der Waals surface area contributed by atoms with Gasteiger partial charge >= 0.3 is 12.1 Å². The van der Waals surface area contributed by atoms with Gasteiger partial charge in [-0.2, -0.15) is 13.2 Å². The van der Waals surface area contributed by atoms with Crippen molar-refractivity contribution in [3.05, 3.63) is 41.2 Å². The molecule has 9 nitrogen and oxygen atoms in total. The van der Waals surface area contributed by atoms with Gasteiger partial charge in [0, 0.05) is 26.2 Å². The van der Waals surface area contributed by atoms with Crippen molar-refractivity contribution in [2.75, 3.05) is 38.1 Å². The first-order valence-electron chi connectivity index (χ1n) is 9.98. The number of piperazine rings is 1. The lowest BCUT2D eigenvalue weighted by atomic mass is 10.1. The summed E-state index contributed by atoms with van der Waals surface area (Å²) >= 11 is 1.46. The number of nitrogens with zero attached hydrogens (tertiary/aromatic N) is 4. The Morgan fingerprint density at radius 2 is 1.88 bits per heavy atom. The van der Waals surface area contributed by atoms with E-state index in [1.54, 1.807) is 12.5 Å². The summed E-state index contributed by atoms with van der Waals surface area (Å²) in [4.78, 5) is 38.5. The van der Waals surface area contributed by atoms with Crippen LogP contribution in [0.25, 0.3) is 11.0 Å². The number of carboxylic acid groups (broad SMARTS) is 1. The van der Waals surface area contributed by atoms with Crippen LogP contribution in [-0.4, -0.2) is 76.2 Å². The lowest BCUT2D eigenvalue weighted by Crippen LogP contribution is -2.44. The van der Waals surface area contributed by atoms with Crippen LogP contribution in [0.2, 0.25) is 0 Å². The number of thiazole rings is 1. The van der Waals surface area contributed by atoms with Crippen molar-refractivity contribution in [1.29, 1.82) is 0 Å². The third kappa shape index (κ3) is 6.42. The molecule has 0 aliphatic carbocycles. The molecule has 3 aromatic rings. The molecule has 0 bridgehead atoms. The summed E-state index contributed by atoms with van der Waals surface area (Å²) in [5, 5.41) is 11.1. The zero-order chi connectivity index (χ0) is 24.2. The van der Waals surface area contributed by atoms with Gasteiger partial charge in [-0.15, -0.1) is 0 Å². The summed E-state index contributed by atoms with van der Waals surface area (Å²) in [6.07, 6.45) is -1.73. The van der Waals surface area contributed by atoms with Crippen molar-refractivity contribution >= 4 is 39.4 Å². The molecule has 1 amide bonds. The average molecular weight is 485 g/mol. The Labute approximate surface area is 191 Å². The highest BCUT2D eigenvalue weighted by Gasteiger charge is 2.38. The lowest BCUT2D eigenvalue weighted by molar-refractivity contribution is -0.192. The summed E-state index contributed by atoms with van der Waals surface area (Å²) in [5.74, 6) is -2.84. The molecule has 1 unspecified atom stereocenters. The Balaban J connectivity index is 0.000000383. The number of carboxylic acids is 1. The third-order valence-electron chi connectivity index (χ3n) is 5.03. The maximum atomic E-state index is 12.6. The molecule has 1 aliphatic rings. The molecule has 0 spiro atoms. The fourth-order valence-corrected chi connectivity index (χ4v) is 3.96. The number of likely N-dealkylation sites (N-methyl/N-ethyl adjacent to an activating group) is 1. The van der Waals surface area contributed by atoms with E-state index in [9.17, 15) is 18.0 Å². The summed E-state index contributed by atoms with van der Waals surface area (Å²) in [7, 11) is 2.13. The Kier molecular flexibility index (Phi) is 7.53. The number of hydrogen-bond acceptors (Lipinski definition) is 7. The molecular formula is C20H23F3N6O3S. The molecule has 3 N–H and O–H groups in total. The van der Waals surface area contributed by atoms with Gasteiger partial charge in [0.15, 0.2) is 5.13 Å². The number of carbonyl (C=O) groups excluding carboxylic acids is 1. The molecule has 2 aromatic heterocycles. The van der Waals surface area contributed by atoms with Crippen LogP contribution >= 0.6 is 11.3 Å². The second kappa shape index (κ2) is 10.2. The van der Waals surface area contributed by atoms with Crippen LogP contribution < -0.4 is 10.2 Å². The van der Waals surface area contributed by atoms with Crippen molar-refractivity contribution in [2.24, 2.45) is 0 Å². The van der Waals surface area contributed by atoms with Crippen LogP contribution in [0.15, 0.2) is 30.7 Å². The van der Waals surface area contributed by atoms with Gasteiger partial charge in [-0.25, -0.2) is 14.8 Å². The largest absolute Gasteiger partial charge is 0.490 e. The molecule has 13 heteroatoms. The summed E-state index contributed by atoms with van der Waals surface area (Å²) in [6.45, 7) is 5.93. The van der Waals surface area contributed by atoms with E-state index in [-0.39, 0.29) is 11.9 Å². The van der Waals surface area contributed by atoms with Gasteiger partial charge in [-0.3, -0.25) is 4.79 Å². The molecule has 1 saturated heterocycles. The van der Waals surface area contributed by atoms with E-state index < -0.39 is 12.1 Å². The maximum Gasteiger partial charge on any atom is 0.490 e. The Morgan fingerprint density at radius 3 is 2.52 bits per heavy atom. The normalized spacial score (nSPS) is 15.6. The number of nitrogens with one attached hydrogen (secondary N) is 2. The second-order valence-corrected chi connectivity index (χ2v) is 8.48. The van der Waals surface area contributed by atoms with Crippen molar-refractivity contribution in [1.82, 2.24) is 25.2 Å². The Morgan fingerprint density at radius 1 is 1.21 bits per heavy atom. The number of halogens is 3. The molecule has 3 heterocycles. The van der Waals surface area contributed by atoms with E-state index in [0.29, 0.717) is 4.88 Å². The molecule has 178 valence electrons. The monoisotopic (exact) mass is 484 g/mol. The summed E-state index contributed by atoms with van der Waals surface area (Å²) < 4.78 is 31.7. The van der Waals surface area contributed by atoms with E-state index in [4.69, 9.17) is 9.90 Å². The number of aromatic amines is 1. The van der Waals surface area contributed by atoms with Crippen molar-refractivity contribution in [3.63, 3.8) is 0 Å². The summed E-state index contributed by atoms with van der Waals surface area (Å²) in [5.41, 5.74) is 2.93. The van der Waals surface area contributed by atoms with Crippen LogP contribution in [-0.2, 0) is 4.79 Å². The van der Waals surface area contributed by atoms with Gasteiger partial charge in [-0.1, -0.05) is 17.4 Å². The average Bonchev–Trinajstić information content (AvgIpc) is 3.43. The zero-order valence-electron chi connectivity index (χ0n) is 17.9. The number of imidazole rings is 1. The van der Waals surface area contributed by atoms with Gasteiger partial charge in [-0.05, 0) is 31.7 Å². The van der Waals surface area contributed by atoms with Crippen molar-refractivity contribution in [2.45, 2.75) is 19.1 Å². The number of rotatable bonds is 4. The predicted octanol–water partition coefficient (Wildman–Crippen LogP) is 2.90. The number of fused-ring (bicyclic) bond motifs is 1. The number of amides is 1. The highest BCUT2D eigenvalue weighted by atomic mass is 32.1. The van der Waals surface area contributed by atoms with Crippen LogP contribution in [0.1, 0.15) is 28.2 Å². The first-order chi connectivity index (χ1) is 15.5. The highest BCUT2D eigenvalue weighted by molar-refractivity contribution is 7.17. The first kappa shape index (κ1) is 24.5. The van der Waals surface area contributed by atoms with E-state index in [0.717, 1.165) is 47.9 Å². The van der Waals surface area contributed by atoms with E-state index in [1.807, 2.05) is 25.1 Å². The molecule has 1 atom stereocenters. The molecule has 33 heavy (non-hydrogen) atoms. The number of H-pyrrole nitrogens is 1. The van der Waals surface area contributed by atoms with Crippen LogP contribution in [0, 0.1) is 0 Å². The Bertz CT molecular complexity index is 1110. The van der Waals surface area contributed by atoms with Crippen LogP contribution in [0.5, 0.6) is 0 Å². The van der Waals surface area contributed by atoms with E-state index in [2.05, 4.69) is 37.1 Å². The molecular weight excluding hydrogens is 461 g/mol. The topological polar surface area (TPSA) is 114 Å². The number of aromatic nitrogens is 3. The van der Waals surface area contributed by atoms with Gasteiger partial charge < -0.3 is 25.2 Å². The third-order valence-corrected chi connectivity index (χ3v) is 6.08. The molecule has 4 rings (SSSR count). The van der Waals surface area contributed by atoms with E-state index >= 15 is 0 Å². The van der Waals surface area contributed by atoms with Gasteiger partial charge in [0.25, 0.3) is 5.91 Å². The number of alkyl halides is 3. The summed E-state index contributed by atoms with van der Waals surface area (Å²) in [6, 6.07) is 5.89. The molecule has 1 fully saturated rings. The first-order valence-corrected chi connectivity index (χ1v) is 10.8. The minimum atomic E-state index is -5.08. The van der Waals surface area contributed by atoms with E-state index in [1.165, 1.54) is 11.3 Å². The fraction of sp³-hybridized carbons (Fsp3) is 0.400. The van der Waals surface area contributed by atoms with Crippen LogP contribution in [0.3, 0.4) is 0 Å². The number of benzene rings is 1. The molecule has 0 saturated carbocycles. The molecule has 0 radical (unpaired) electrons. The van der Waals surface area contributed by atoms with Gasteiger partial charge in [0.2, 0.25) is 0 Å². The molecule has 1 aromatic carbocycles. The fourth-order valence-electron chi connectivity index (χ4n) is 3.09. The number of aliphatic carboxylic acids is 1.